The quantitative estimate of drug-likeness (QED) is 0.701. The van der Waals surface area contributed by atoms with Gasteiger partial charge in [0.2, 0.25) is 5.91 Å². The normalized spacial score (nSPS) is 24.1. The smallest absolute Gasteiger partial charge is 0.475 e. The minimum absolute atomic E-state index is 0.196. The number of likely N-dealkylation sites (tertiary alicyclic amines) is 2. The number of aliphatic carboxylic acids is 1. The summed E-state index contributed by atoms with van der Waals surface area (Å²) in [6.07, 6.45) is 0.686. The average molecular weight is 491 g/mol. The van der Waals surface area contributed by atoms with E-state index in [1.165, 1.54) is 0 Å². The van der Waals surface area contributed by atoms with E-state index in [0.717, 1.165) is 49.0 Å². The van der Waals surface area contributed by atoms with E-state index in [9.17, 15) is 18.0 Å². The molecule has 7 nitrogen and oxygen atoms in total. The van der Waals surface area contributed by atoms with Crippen LogP contribution in [0.3, 0.4) is 0 Å². The number of alkyl halides is 3. The van der Waals surface area contributed by atoms with E-state index in [1.807, 2.05) is 23.2 Å². The van der Waals surface area contributed by atoms with Crippen LogP contribution in [0.15, 0.2) is 23.2 Å². The highest BCUT2D eigenvalue weighted by molar-refractivity contribution is 7.09. The molecule has 2 atom stereocenters. The first-order valence-electron chi connectivity index (χ1n) is 10.2. The lowest BCUT2D eigenvalue weighted by molar-refractivity contribution is -0.192. The number of halogens is 3. The van der Waals surface area contributed by atoms with Gasteiger partial charge in [0.25, 0.3) is 0 Å². The summed E-state index contributed by atoms with van der Waals surface area (Å²) in [7, 11) is 0. The van der Waals surface area contributed by atoms with Gasteiger partial charge >= 0.3 is 12.1 Å². The minimum atomic E-state index is -5.08. The number of aromatic nitrogens is 2. The summed E-state index contributed by atoms with van der Waals surface area (Å²) in [6, 6.07) is 0.259. The Balaban J connectivity index is 0.000000360. The molecule has 176 valence electrons. The number of hydrogen-bond acceptors (Lipinski definition) is 7. The van der Waals surface area contributed by atoms with E-state index >= 15 is 0 Å². The van der Waals surface area contributed by atoms with Gasteiger partial charge in [0, 0.05) is 54.7 Å². The summed E-state index contributed by atoms with van der Waals surface area (Å²) in [4.78, 5) is 35.9. The zero-order valence-corrected chi connectivity index (χ0v) is 19.3. The largest absolute Gasteiger partial charge is 0.490 e. The van der Waals surface area contributed by atoms with Crippen LogP contribution in [0.5, 0.6) is 0 Å². The second-order valence-electron chi connectivity index (χ2n) is 8.17. The number of carbonyl (C=O) groups is 2. The van der Waals surface area contributed by atoms with E-state index in [1.54, 1.807) is 22.7 Å². The van der Waals surface area contributed by atoms with E-state index < -0.39 is 12.1 Å². The topological polar surface area (TPSA) is 86.6 Å². The van der Waals surface area contributed by atoms with Crippen molar-refractivity contribution in [3.05, 3.63) is 33.2 Å². The molecular weight excluding hydrogens is 465 g/mol. The van der Waals surface area contributed by atoms with Crippen LogP contribution in [0.4, 0.5) is 13.2 Å². The molecule has 2 saturated heterocycles. The van der Waals surface area contributed by atoms with Gasteiger partial charge in [0.15, 0.2) is 0 Å². The van der Waals surface area contributed by atoms with Crippen LogP contribution in [-0.4, -0.2) is 68.6 Å². The van der Waals surface area contributed by atoms with Crippen molar-refractivity contribution in [2.24, 2.45) is 5.41 Å². The third-order valence-electron chi connectivity index (χ3n) is 5.78. The van der Waals surface area contributed by atoms with Crippen LogP contribution in [-0.2, 0) is 16.1 Å². The molecule has 32 heavy (non-hydrogen) atoms. The monoisotopic (exact) mass is 490 g/mol. The molecule has 0 saturated carbocycles. The van der Waals surface area contributed by atoms with Gasteiger partial charge in [-0.1, -0.05) is 0 Å². The van der Waals surface area contributed by atoms with Crippen molar-refractivity contribution < 1.29 is 27.9 Å². The number of carboxylic acids is 1. The van der Waals surface area contributed by atoms with Gasteiger partial charge in [-0.05, 0) is 26.7 Å². The lowest BCUT2D eigenvalue weighted by atomic mass is 9.71. The Morgan fingerprint density at radius 1 is 1.28 bits per heavy atom. The molecule has 0 bridgehead atoms. The van der Waals surface area contributed by atoms with Crippen LogP contribution < -0.4 is 0 Å². The molecule has 0 radical (unpaired) electrons. The predicted octanol–water partition coefficient (Wildman–Crippen LogP) is 3.85. The third-order valence-corrected chi connectivity index (χ3v) is 7.43. The Morgan fingerprint density at radius 3 is 2.47 bits per heavy atom. The molecule has 2 aromatic rings. The maximum absolute atomic E-state index is 13.5. The van der Waals surface area contributed by atoms with Crippen molar-refractivity contribution in [2.45, 2.75) is 51.4 Å². The molecule has 4 rings (SSSR count). The fraction of sp³-hybridized carbons (Fsp3) is 0.600. The van der Waals surface area contributed by atoms with Crippen molar-refractivity contribution in [2.75, 3.05) is 19.6 Å². The molecule has 1 N–H and O–H groups in total. The van der Waals surface area contributed by atoms with Crippen molar-refractivity contribution in [1.29, 1.82) is 0 Å². The minimum Gasteiger partial charge on any atom is -0.475 e. The third kappa shape index (κ3) is 5.29. The average Bonchev–Trinajstić information content (AvgIpc) is 3.46. The standard InChI is InChI=1S/C18H24N4OS2.C2HF3O2/c1-13(2)22-7-3-4-18(17(22)23)12-21(11-15-19-5-8-24-15)10-14(18)16-20-6-9-25-16;3-2(4,5)1(6)7/h5-6,8-9,13-14H,3-4,7,10-12H2,1-2H3;(H,6,7). The number of hydrogen-bond donors (Lipinski definition) is 1. The second kappa shape index (κ2) is 9.84. The summed E-state index contributed by atoms with van der Waals surface area (Å²) in [5.41, 5.74) is -0.322. The molecule has 4 heterocycles. The van der Waals surface area contributed by atoms with E-state index in [2.05, 4.69) is 33.6 Å². The molecule has 2 unspecified atom stereocenters. The number of rotatable bonds is 4. The van der Waals surface area contributed by atoms with E-state index in [-0.39, 0.29) is 17.4 Å². The number of carbonyl (C=O) groups excluding carboxylic acids is 1. The van der Waals surface area contributed by atoms with Gasteiger partial charge in [-0.2, -0.15) is 13.2 Å². The Labute approximate surface area is 191 Å². The fourth-order valence-electron chi connectivity index (χ4n) is 4.39. The molecule has 1 amide bonds. The van der Waals surface area contributed by atoms with Crippen LogP contribution in [0, 0.1) is 5.41 Å². The second-order valence-corrected chi connectivity index (χ2v) is 10.1. The first-order valence-corrected chi connectivity index (χ1v) is 11.9. The lowest BCUT2D eigenvalue weighted by Crippen LogP contribution is -2.54. The van der Waals surface area contributed by atoms with Crippen molar-refractivity contribution in [1.82, 2.24) is 19.8 Å². The first-order chi connectivity index (χ1) is 15.0. The molecule has 2 aromatic heterocycles. The molecule has 0 aliphatic carbocycles. The first kappa shape index (κ1) is 24.6. The van der Waals surface area contributed by atoms with E-state index in [4.69, 9.17) is 9.90 Å². The molecule has 12 heteroatoms. The summed E-state index contributed by atoms with van der Waals surface area (Å²) in [6.45, 7) is 7.67. The van der Waals surface area contributed by atoms with Gasteiger partial charge in [-0.15, -0.1) is 22.7 Å². The number of piperidine rings is 1. The van der Waals surface area contributed by atoms with Gasteiger partial charge < -0.3 is 10.0 Å². The summed E-state index contributed by atoms with van der Waals surface area (Å²) >= 11 is 3.38. The SMILES string of the molecule is CC(C)N1CCCC2(CN(Cc3nccs3)CC2c2nccs2)C1=O.O=C(O)C(F)(F)F. The maximum atomic E-state index is 13.5. The fourth-order valence-corrected chi connectivity index (χ4v) is 5.90. The number of amides is 1. The Hall–Kier alpha value is -2.05. The summed E-state index contributed by atoms with van der Waals surface area (Å²) in [5, 5.41) is 13.4. The molecular formula is C20H25F3N4O3S2. The van der Waals surface area contributed by atoms with Crippen molar-refractivity contribution in [3.63, 3.8) is 0 Å². The van der Waals surface area contributed by atoms with Gasteiger partial charge in [-0.3, -0.25) is 9.69 Å². The van der Waals surface area contributed by atoms with Gasteiger partial charge in [-0.25, -0.2) is 14.8 Å². The number of carboxylic acid groups (broad SMARTS) is 1. The molecule has 2 aliphatic rings. The molecule has 1 spiro atoms. The van der Waals surface area contributed by atoms with Crippen molar-refractivity contribution >= 4 is 34.6 Å². The van der Waals surface area contributed by atoms with Gasteiger partial charge in [0.05, 0.1) is 17.0 Å². The number of thiazole rings is 2. The number of nitrogens with zero attached hydrogens (tertiary/aromatic N) is 4. The summed E-state index contributed by atoms with van der Waals surface area (Å²) < 4.78 is 31.7. The Bertz CT molecular complexity index is 906. The lowest BCUT2D eigenvalue weighted by Gasteiger charge is -2.43. The highest BCUT2D eigenvalue weighted by Gasteiger charge is 2.56. The van der Waals surface area contributed by atoms with Crippen LogP contribution in [0.25, 0.3) is 0 Å². The van der Waals surface area contributed by atoms with Crippen LogP contribution in [0.1, 0.15) is 42.6 Å². The highest BCUT2D eigenvalue weighted by atomic mass is 32.1. The highest BCUT2D eigenvalue weighted by Crippen LogP contribution is 2.50. The van der Waals surface area contributed by atoms with Crippen LogP contribution >= 0.6 is 22.7 Å². The zero-order chi connectivity index (χ0) is 23.5. The Morgan fingerprint density at radius 2 is 1.94 bits per heavy atom. The van der Waals surface area contributed by atoms with Crippen molar-refractivity contribution in [3.8, 4) is 0 Å². The zero-order valence-electron chi connectivity index (χ0n) is 17.7. The predicted molar refractivity (Wildman–Crippen MR) is 114 cm³/mol. The van der Waals surface area contributed by atoms with Gasteiger partial charge in [0.1, 0.15) is 5.01 Å². The molecule has 2 fully saturated rings. The Kier molecular flexibility index (Phi) is 7.56. The van der Waals surface area contributed by atoms with Crippen LogP contribution in [0.2, 0.25) is 0 Å². The molecule has 2 aliphatic heterocycles. The summed E-state index contributed by atoms with van der Waals surface area (Å²) in [5.74, 6) is -2.23. The van der Waals surface area contributed by atoms with E-state index in [0.29, 0.717) is 5.91 Å². The maximum Gasteiger partial charge on any atom is 0.490 e. The molecule has 0 aromatic carbocycles.